The fourth-order valence-electron chi connectivity index (χ4n) is 5.29. The van der Waals surface area contributed by atoms with Gasteiger partial charge in [-0.05, 0) is 96.8 Å². The predicted molar refractivity (Wildman–Crippen MR) is 121 cm³/mol. The molecule has 2 nitrogen and oxygen atoms in total. The number of benzene rings is 2. The molecule has 30 heavy (non-hydrogen) atoms. The molecule has 1 aliphatic carbocycles. The van der Waals surface area contributed by atoms with Crippen molar-refractivity contribution in [1.29, 1.82) is 0 Å². The van der Waals surface area contributed by atoms with E-state index >= 15 is 0 Å². The molecule has 2 aromatic rings. The summed E-state index contributed by atoms with van der Waals surface area (Å²) in [7, 11) is 0. The molecule has 158 valence electrons. The summed E-state index contributed by atoms with van der Waals surface area (Å²) < 4.78 is 13.7. The van der Waals surface area contributed by atoms with E-state index in [1.807, 2.05) is 6.07 Å². The number of hydrogen-bond acceptors (Lipinski definition) is 2. The minimum atomic E-state index is -0.133. The van der Waals surface area contributed by atoms with Crippen LogP contribution in [0, 0.1) is 42.8 Å². The van der Waals surface area contributed by atoms with Gasteiger partial charge in [-0.1, -0.05) is 32.1 Å². The Kier molecular flexibility index (Phi) is 6.78. The van der Waals surface area contributed by atoms with Gasteiger partial charge in [-0.15, -0.1) is 0 Å². The zero-order valence-electron chi connectivity index (χ0n) is 18.0. The zero-order valence-corrected chi connectivity index (χ0v) is 22.2. The number of halogens is 1. The molecule has 5 rings (SSSR count). The van der Waals surface area contributed by atoms with E-state index in [4.69, 9.17) is 0 Å². The monoisotopic (exact) mass is 630 g/mol. The minimum absolute atomic E-state index is 0. The average Bonchev–Trinajstić information content (AvgIpc) is 3.04. The Labute approximate surface area is 205 Å². The van der Waals surface area contributed by atoms with Crippen molar-refractivity contribution < 1.29 is 36.9 Å². The molecule has 1 N–H and O–H groups in total. The topological polar surface area (TPSA) is 15.3 Å². The SMILES string of the molecule is CC1CCN(CC2Nc3ccc(C4=CCCc5cc(F)ccc54)cc3C2C)CC1.[HH].[U]. The Morgan fingerprint density at radius 3 is 2.70 bits per heavy atom. The van der Waals surface area contributed by atoms with Gasteiger partial charge in [0.2, 0.25) is 0 Å². The average molecular weight is 631 g/mol. The van der Waals surface area contributed by atoms with E-state index in [0.29, 0.717) is 12.0 Å². The number of aryl methyl sites for hydroxylation is 1. The fourth-order valence-corrected chi connectivity index (χ4v) is 5.29. The van der Waals surface area contributed by atoms with Crippen molar-refractivity contribution in [3.8, 4) is 0 Å². The van der Waals surface area contributed by atoms with Crippen LogP contribution in [0.2, 0.25) is 0 Å². The Hall–Kier alpha value is -1.08. The molecule has 2 heterocycles. The van der Waals surface area contributed by atoms with Crippen LogP contribution in [0.5, 0.6) is 0 Å². The number of likely N-dealkylation sites (tertiary alicyclic amines) is 1. The van der Waals surface area contributed by atoms with Gasteiger partial charge in [0.15, 0.2) is 0 Å². The first kappa shape index (κ1) is 22.1. The molecule has 2 atom stereocenters. The first-order valence-electron chi connectivity index (χ1n) is 11.2. The van der Waals surface area contributed by atoms with Crippen molar-refractivity contribution in [1.82, 2.24) is 4.90 Å². The summed E-state index contributed by atoms with van der Waals surface area (Å²) in [5.41, 5.74) is 7.55. The maximum absolute atomic E-state index is 13.7. The van der Waals surface area contributed by atoms with Gasteiger partial charge in [-0.3, -0.25) is 0 Å². The standard InChI is InChI=1S/C26H31FN2.U.H2/c1-17-10-12-29(13-11-17)16-26-18(2)24-15-20(6-9-25(24)28-26)22-5-3-4-19-14-21(27)7-8-23(19)22;;/h5-9,14-15,17-18,26,28H,3-4,10-13,16H2,1-2H3;;1H. The molecule has 0 radical (unpaired) electrons. The van der Waals surface area contributed by atoms with Crippen molar-refractivity contribution in [2.75, 3.05) is 25.0 Å². The Morgan fingerprint density at radius 2 is 1.90 bits per heavy atom. The molecular weight excluding hydrogens is 597 g/mol. The Morgan fingerprint density at radius 1 is 1.10 bits per heavy atom. The van der Waals surface area contributed by atoms with Crippen molar-refractivity contribution >= 4 is 11.3 Å². The zero-order chi connectivity index (χ0) is 20.0. The number of anilines is 1. The summed E-state index contributed by atoms with van der Waals surface area (Å²) in [6, 6.07) is 12.6. The quantitative estimate of drug-likeness (QED) is 0.443. The second-order valence-corrected chi connectivity index (χ2v) is 9.28. The summed E-state index contributed by atoms with van der Waals surface area (Å²) in [5, 5.41) is 3.79. The van der Waals surface area contributed by atoms with Crippen LogP contribution >= 0.6 is 0 Å². The molecule has 0 saturated carbocycles. The molecule has 1 saturated heterocycles. The smallest absolute Gasteiger partial charge is 0.123 e. The second-order valence-electron chi connectivity index (χ2n) is 9.28. The van der Waals surface area contributed by atoms with Crippen LogP contribution < -0.4 is 5.32 Å². The minimum Gasteiger partial charge on any atom is -0.380 e. The summed E-state index contributed by atoms with van der Waals surface area (Å²) >= 11 is 0. The van der Waals surface area contributed by atoms with Crippen molar-refractivity contribution in [3.63, 3.8) is 0 Å². The van der Waals surface area contributed by atoms with E-state index < -0.39 is 0 Å². The first-order chi connectivity index (χ1) is 14.1. The molecule has 0 amide bonds. The van der Waals surface area contributed by atoms with E-state index in [-0.39, 0.29) is 38.4 Å². The van der Waals surface area contributed by atoms with Crippen LogP contribution in [0.25, 0.3) is 5.57 Å². The van der Waals surface area contributed by atoms with E-state index in [2.05, 4.69) is 48.3 Å². The summed E-state index contributed by atoms with van der Waals surface area (Å²) in [6.07, 6.45) is 6.88. The van der Waals surface area contributed by atoms with Gasteiger partial charge >= 0.3 is 0 Å². The van der Waals surface area contributed by atoms with Crippen LogP contribution in [-0.4, -0.2) is 30.6 Å². The van der Waals surface area contributed by atoms with Gasteiger partial charge in [-0.25, -0.2) is 4.39 Å². The van der Waals surface area contributed by atoms with Gasteiger partial charge in [0.25, 0.3) is 0 Å². The van der Waals surface area contributed by atoms with E-state index in [1.54, 1.807) is 12.1 Å². The maximum atomic E-state index is 13.7. The van der Waals surface area contributed by atoms with E-state index in [9.17, 15) is 4.39 Å². The molecule has 0 spiro atoms. The summed E-state index contributed by atoms with van der Waals surface area (Å²) in [6.45, 7) is 8.32. The fraction of sp³-hybridized carbons (Fsp3) is 0.462. The third-order valence-corrected chi connectivity index (χ3v) is 7.25. The van der Waals surface area contributed by atoms with Crippen LogP contribution in [0.15, 0.2) is 42.5 Å². The van der Waals surface area contributed by atoms with Crippen molar-refractivity contribution in [2.24, 2.45) is 5.92 Å². The number of nitrogens with one attached hydrogen (secondary N) is 1. The molecule has 0 aromatic heterocycles. The maximum Gasteiger partial charge on any atom is 0.123 e. The predicted octanol–water partition coefficient (Wildman–Crippen LogP) is 6.08. The van der Waals surface area contributed by atoms with Gasteiger partial charge in [0.1, 0.15) is 5.82 Å². The van der Waals surface area contributed by atoms with Crippen LogP contribution in [-0.2, 0) is 6.42 Å². The Bertz CT molecular complexity index is 952. The number of fused-ring (bicyclic) bond motifs is 2. The summed E-state index contributed by atoms with van der Waals surface area (Å²) in [4.78, 5) is 2.63. The van der Waals surface area contributed by atoms with Crippen LogP contribution in [0.4, 0.5) is 10.1 Å². The first-order valence-corrected chi connectivity index (χ1v) is 11.2. The third kappa shape index (κ3) is 4.29. The molecule has 1 fully saturated rings. The number of piperidine rings is 1. The van der Waals surface area contributed by atoms with E-state index in [1.165, 1.54) is 53.9 Å². The molecule has 0 bridgehead atoms. The van der Waals surface area contributed by atoms with Crippen molar-refractivity contribution in [2.45, 2.75) is 51.5 Å². The normalized spacial score (nSPS) is 23.8. The van der Waals surface area contributed by atoms with E-state index in [0.717, 1.165) is 30.9 Å². The Balaban J connectivity index is 0.00000136. The second kappa shape index (κ2) is 9.19. The van der Waals surface area contributed by atoms with Gasteiger partial charge < -0.3 is 10.2 Å². The number of nitrogens with zero attached hydrogens (tertiary/aromatic N) is 1. The molecule has 2 unspecified atom stereocenters. The van der Waals surface area contributed by atoms with Crippen LogP contribution in [0.1, 0.15) is 62.7 Å². The largest absolute Gasteiger partial charge is 0.380 e. The number of hydrogen-bond donors (Lipinski definition) is 1. The molecule has 2 aromatic carbocycles. The molecule has 3 aliphatic rings. The molecule has 2 aliphatic heterocycles. The number of allylic oxidation sites excluding steroid dienone is 1. The number of rotatable bonds is 3. The van der Waals surface area contributed by atoms with Gasteiger partial charge in [0.05, 0.1) is 0 Å². The van der Waals surface area contributed by atoms with Crippen LogP contribution in [0.3, 0.4) is 0 Å². The van der Waals surface area contributed by atoms with Crippen molar-refractivity contribution in [3.05, 3.63) is 70.5 Å². The molecular formula is C26H33FN2U. The van der Waals surface area contributed by atoms with Gasteiger partial charge in [-0.2, -0.15) is 0 Å². The third-order valence-electron chi connectivity index (χ3n) is 7.25. The summed E-state index contributed by atoms with van der Waals surface area (Å²) in [5.74, 6) is 1.24. The molecule has 4 heteroatoms. The van der Waals surface area contributed by atoms with Gasteiger partial charge in [0, 0.05) is 56.7 Å².